The van der Waals surface area contributed by atoms with Crippen molar-refractivity contribution < 1.29 is 18.9 Å². The molecule has 9 nitrogen and oxygen atoms in total. The molecule has 2 aromatic rings. The summed E-state index contributed by atoms with van der Waals surface area (Å²) < 4.78 is 5.44. The summed E-state index contributed by atoms with van der Waals surface area (Å²) in [7, 11) is 0. The largest absolute Gasteiger partial charge is 0.352 e. The summed E-state index contributed by atoms with van der Waals surface area (Å²) in [5.41, 5.74) is 1.08. The van der Waals surface area contributed by atoms with E-state index in [1.807, 2.05) is 24.3 Å². The van der Waals surface area contributed by atoms with E-state index in [0.717, 1.165) is 75.5 Å². The number of hydrogen-bond donors (Lipinski definition) is 3. The number of anilines is 1. The number of aryl methyl sites for hydroxylation is 1. The molecule has 3 N–H and O–H groups in total. The number of rotatable bonds is 9. The Labute approximate surface area is 212 Å². The van der Waals surface area contributed by atoms with Gasteiger partial charge in [0.25, 0.3) is 0 Å². The van der Waals surface area contributed by atoms with Crippen LogP contribution in [0.3, 0.4) is 0 Å². The molecule has 2 aliphatic carbocycles. The Morgan fingerprint density at radius 3 is 2.53 bits per heavy atom. The Bertz CT molecular complexity index is 1050. The first kappa shape index (κ1) is 25.9. The maximum atomic E-state index is 12.5. The average molecular weight is 496 g/mol. The minimum atomic E-state index is -0.593. The molecule has 194 valence electrons. The highest BCUT2D eigenvalue weighted by Gasteiger charge is 2.38. The van der Waals surface area contributed by atoms with E-state index in [1.54, 1.807) is 0 Å². The van der Waals surface area contributed by atoms with Gasteiger partial charge >= 0.3 is 0 Å². The molecule has 4 rings (SSSR count). The van der Waals surface area contributed by atoms with Crippen LogP contribution in [0.25, 0.3) is 0 Å². The quantitative estimate of drug-likeness (QED) is 0.449. The number of amides is 3. The molecule has 1 aromatic carbocycles. The van der Waals surface area contributed by atoms with Crippen LogP contribution in [-0.4, -0.2) is 27.9 Å². The molecule has 1 aromatic heterocycles. The lowest BCUT2D eigenvalue weighted by atomic mass is 9.89. The zero-order chi connectivity index (χ0) is 25.4. The first-order chi connectivity index (χ1) is 17.4. The Hall–Kier alpha value is -3.23. The molecule has 0 atom stereocenters. The zero-order valence-corrected chi connectivity index (χ0v) is 21.1. The SMILES string of the molecule is CC(=O)NC1(c2noc(CCC(=O)NCc3cccc(NC(=O)C4CCCC4)c3)n2)CCCCCC1. The predicted molar refractivity (Wildman–Crippen MR) is 135 cm³/mol. The molecule has 0 saturated heterocycles. The van der Waals surface area contributed by atoms with Gasteiger partial charge in [-0.1, -0.05) is 55.8 Å². The Morgan fingerprint density at radius 2 is 1.81 bits per heavy atom. The van der Waals surface area contributed by atoms with E-state index in [4.69, 9.17) is 4.52 Å². The molecule has 36 heavy (non-hydrogen) atoms. The van der Waals surface area contributed by atoms with Gasteiger partial charge in [-0.15, -0.1) is 0 Å². The summed E-state index contributed by atoms with van der Waals surface area (Å²) in [6, 6.07) is 7.56. The number of nitrogens with one attached hydrogen (secondary N) is 3. The Morgan fingerprint density at radius 1 is 1.06 bits per heavy atom. The van der Waals surface area contributed by atoms with Crippen molar-refractivity contribution in [2.75, 3.05) is 5.32 Å². The predicted octanol–water partition coefficient (Wildman–Crippen LogP) is 4.13. The van der Waals surface area contributed by atoms with Crippen molar-refractivity contribution in [2.24, 2.45) is 5.92 Å². The molecule has 0 spiro atoms. The van der Waals surface area contributed by atoms with Crippen LogP contribution in [0.2, 0.25) is 0 Å². The molecule has 2 saturated carbocycles. The second-order valence-electron chi connectivity index (χ2n) is 10.1. The molecule has 2 fully saturated rings. The summed E-state index contributed by atoms with van der Waals surface area (Å²) in [6.07, 6.45) is 10.5. The average Bonchev–Trinajstić information content (AvgIpc) is 3.52. The summed E-state index contributed by atoms with van der Waals surface area (Å²) in [4.78, 5) is 41.3. The van der Waals surface area contributed by atoms with E-state index in [9.17, 15) is 14.4 Å². The molecule has 0 unspecified atom stereocenters. The number of nitrogens with zero attached hydrogens (tertiary/aromatic N) is 2. The number of hydrogen-bond acceptors (Lipinski definition) is 6. The van der Waals surface area contributed by atoms with Gasteiger partial charge in [0.2, 0.25) is 23.6 Å². The van der Waals surface area contributed by atoms with Gasteiger partial charge in [0.15, 0.2) is 5.82 Å². The fraction of sp³-hybridized carbons (Fsp3) is 0.593. The van der Waals surface area contributed by atoms with E-state index in [1.165, 1.54) is 6.92 Å². The van der Waals surface area contributed by atoms with Crippen molar-refractivity contribution >= 4 is 23.4 Å². The van der Waals surface area contributed by atoms with Crippen LogP contribution in [0.4, 0.5) is 5.69 Å². The lowest BCUT2D eigenvalue weighted by Crippen LogP contribution is -2.45. The highest BCUT2D eigenvalue weighted by atomic mass is 16.5. The van der Waals surface area contributed by atoms with Crippen LogP contribution < -0.4 is 16.0 Å². The van der Waals surface area contributed by atoms with Crippen LogP contribution in [-0.2, 0) is 32.9 Å². The number of aromatic nitrogens is 2. The molecular formula is C27H37N5O4. The molecular weight excluding hydrogens is 458 g/mol. The van der Waals surface area contributed by atoms with Gasteiger partial charge in [-0.3, -0.25) is 14.4 Å². The highest BCUT2D eigenvalue weighted by molar-refractivity contribution is 5.92. The summed E-state index contributed by atoms with van der Waals surface area (Å²) in [5.74, 6) is 0.856. The number of benzene rings is 1. The second-order valence-corrected chi connectivity index (χ2v) is 10.1. The van der Waals surface area contributed by atoms with E-state index < -0.39 is 5.54 Å². The summed E-state index contributed by atoms with van der Waals surface area (Å²) >= 11 is 0. The number of carbonyl (C=O) groups excluding carboxylic acids is 3. The molecule has 0 bridgehead atoms. The van der Waals surface area contributed by atoms with Crippen molar-refractivity contribution in [2.45, 2.75) is 96.1 Å². The molecule has 1 heterocycles. The van der Waals surface area contributed by atoms with Crippen LogP contribution in [0.1, 0.15) is 94.8 Å². The number of carbonyl (C=O) groups is 3. The standard InChI is InChI=1S/C27H37N5O4/c1-19(33)31-27(15-6-2-3-7-16-27)26-30-24(36-32-26)14-13-23(34)28-18-20-9-8-12-22(17-20)29-25(35)21-10-4-5-11-21/h8-9,12,17,21H,2-7,10-11,13-16,18H2,1H3,(H,28,34)(H,29,35)(H,31,33). The molecule has 0 aliphatic heterocycles. The third-order valence-electron chi connectivity index (χ3n) is 7.24. The van der Waals surface area contributed by atoms with Crippen molar-refractivity contribution in [1.82, 2.24) is 20.8 Å². The lowest BCUT2D eigenvalue weighted by Gasteiger charge is -2.30. The van der Waals surface area contributed by atoms with Gasteiger partial charge in [-0.05, 0) is 43.4 Å². The van der Waals surface area contributed by atoms with Crippen LogP contribution in [0.5, 0.6) is 0 Å². The van der Waals surface area contributed by atoms with Crippen LogP contribution >= 0.6 is 0 Å². The second kappa shape index (κ2) is 12.1. The maximum absolute atomic E-state index is 12.5. The van der Waals surface area contributed by atoms with Gasteiger partial charge in [0, 0.05) is 37.9 Å². The fourth-order valence-corrected chi connectivity index (χ4v) is 5.33. The third kappa shape index (κ3) is 6.92. The minimum Gasteiger partial charge on any atom is -0.352 e. The Kier molecular flexibility index (Phi) is 8.72. The fourth-order valence-electron chi connectivity index (χ4n) is 5.33. The van der Waals surface area contributed by atoms with E-state index >= 15 is 0 Å². The van der Waals surface area contributed by atoms with Crippen molar-refractivity contribution in [3.63, 3.8) is 0 Å². The first-order valence-corrected chi connectivity index (χ1v) is 13.2. The molecule has 2 aliphatic rings. The van der Waals surface area contributed by atoms with E-state index in [0.29, 0.717) is 24.7 Å². The van der Waals surface area contributed by atoms with Crippen LogP contribution in [0, 0.1) is 5.92 Å². The topological polar surface area (TPSA) is 126 Å². The van der Waals surface area contributed by atoms with E-state index in [-0.39, 0.29) is 30.1 Å². The van der Waals surface area contributed by atoms with Gasteiger partial charge in [0.1, 0.15) is 5.54 Å². The first-order valence-electron chi connectivity index (χ1n) is 13.2. The smallest absolute Gasteiger partial charge is 0.227 e. The normalized spacial score (nSPS) is 17.8. The minimum absolute atomic E-state index is 0.0803. The molecule has 9 heteroatoms. The monoisotopic (exact) mass is 495 g/mol. The molecule has 3 amide bonds. The lowest BCUT2D eigenvalue weighted by molar-refractivity contribution is -0.122. The van der Waals surface area contributed by atoms with Gasteiger partial charge < -0.3 is 20.5 Å². The van der Waals surface area contributed by atoms with Crippen molar-refractivity contribution in [3.8, 4) is 0 Å². The summed E-state index contributed by atoms with van der Waals surface area (Å²) in [5, 5.41) is 13.2. The summed E-state index contributed by atoms with van der Waals surface area (Å²) in [6.45, 7) is 1.88. The third-order valence-corrected chi connectivity index (χ3v) is 7.24. The van der Waals surface area contributed by atoms with E-state index in [2.05, 4.69) is 26.1 Å². The van der Waals surface area contributed by atoms with Gasteiger partial charge in [-0.2, -0.15) is 4.98 Å². The van der Waals surface area contributed by atoms with Crippen LogP contribution in [0.15, 0.2) is 28.8 Å². The molecule has 0 radical (unpaired) electrons. The maximum Gasteiger partial charge on any atom is 0.227 e. The van der Waals surface area contributed by atoms with Gasteiger partial charge in [0.05, 0.1) is 0 Å². The Balaban J connectivity index is 1.27. The highest BCUT2D eigenvalue weighted by Crippen LogP contribution is 2.34. The van der Waals surface area contributed by atoms with Gasteiger partial charge in [-0.25, -0.2) is 0 Å². The zero-order valence-electron chi connectivity index (χ0n) is 21.1. The van der Waals surface area contributed by atoms with Crippen molar-refractivity contribution in [3.05, 3.63) is 41.5 Å². The van der Waals surface area contributed by atoms with Crippen molar-refractivity contribution in [1.29, 1.82) is 0 Å².